The maximum atomic E-state index is 6.57. The predicted molar refractivity (Wildman–Crippen MR) is 198 cm³/mol. The highest BCUT2D eigenvalue weighted by molar-refractivity contribution is 6.11. The molecule has 1 heterocycles. The molecule has 236 valence electrons. The fourth-order valence-electron chi connectivity index (χ4n) is 9.24. The minimum Gasteiger partial charge on any atom is -0.455 e. The molecular weight excluding hydrogens is 571 g/mol. The van der Waals surface area contributed by atoms with Crippen molar-refractivity contribution in [2.75, 3.05) is 4.90 Å². The molecule has 0 unspecified atom stereocenters. The molecule has 2 nitrogen and oxygen atoms in total. The second kappa shape index (κ2) is 11.4. The number of rotatable bonds is 5. The molecule has 0 amide bonds. The Hall–Kier alpha value is -4.30. The Bertz CT molecular complexity index is 2010. The lowest BCUT2D eigenvalue weighted by Crippen LogP contribution is -2.16. The van der Waals surface area contributed by atoms with Crippen LogP contribution < -0.4 is 4.90 Å². The third-order valence-electron chi connectivity index (χ3n) is 11.9. The fourth-order valence-corrected chi connectivity index (χ4v) is 9.24. The first kappa shape index (κ1) is 28.9. The Labute approximate surface area is 279 Å². The van der Waals surface area contributed by atoms with E-state index in [4.69, 9.17) is 4.42 Å². The van der Waals surface area contributed by atoms with Gasteiger partial charge in [0.2, 0.25) is 0 Å². The Morgan fingerprint density at radius 3 is 1.74 bits per heavy atom. The minimum atomic E-state index is -0.144. The molecule has 5 aromatic carbocycles. The molecule has 0 radical (unpaired) electrons. The molecule has 0 atom stereocenters. The van der Waals surface area contributed by atoms with Crippen molar-refractivity contribution < 1.29 is 4.42 Å². The van der Waals surface area contributed by atoms with Gasteiger partial charge in [0.25, 0.3) is 0 Å². The van der Waals surface area contributed by atoms with E-state index in [2.05, 4.69) is 122 Å². The largest absolute Gasteiger partial charge is 0.455 e. The van der Waals surface area contributed by atoms with E-state index < -0.39 is 0 Å². The molecule has 2 saturated carbocycles. The molecular formula is C45H45NO. The van der Waals surface area contributed by atoms with E-state index in [-0.39, 0.29) is 5.41 Å². The standard InChI is InChI=1S/C45H45NO/c1-45(2)40-28-27-38-37-15-9-10-16-42(37)47-44(38)43(40)39-26-25-36(29-41(39)45)46(34-21-17-32(18-22-34)30-11-5-3-6-12-30)35-23-19-33(20-24-35)31-13-7-4-8-14-31/h9-10,15-31H,3-8,11-14H2,1-2H3. The number of anilines is 3. The third kappa shape index (κ3) is 4.83. The van der Waals surface area contributed by atoms with Crippen molar-refractivity contribution in [3.05, 3.63) is 125 Å². The Morgan fingerprint density at radius 2 is 1.13 bits per heavy atom. The summed E-state index contributed by atoms with van der Waals surface area (Å²) in [5.41, 5.74) is 13.7. The summed E-state index contributed by atoms with van der Waals surface area (Å²) < 4.78 is 6.57. The maximum Gasteiger partial charge on any atom is 0.143 e. The lowest BCUT2D eigenvalue weighted by molar-refractivity contribution is 0.443. The van der Waals surface area contributed by atoms with Crippen LogP contribution in [-0.2, 0) is 5.41 Å². The van der Waals surface area contributed by atoms with Gasteiger partial charge in [-0.3, -0.25) is 0 Å². The Kier molecular flexibility index (Phi) is 7.03. The minimum absolute atomic E-state index is 0.144. The van der Waals surface area contributed by atoms with Crippen LogP contribution in [0.25, 0.3) is 33.1 Å². The van der Waals surface area contributed by atoms with Gasteiger partial charge in [0.15, 0.2) is 0 Å². The van der Waals surface area contributed by atoms with Crippen LogP contribution in [0, 0.1) is 0 Å². The Balaban J connectivity index is 1.15. The molecule has 3 aliphatic carbocycles. The summed E-state index contributed by atoms with van der Waals surface area (Å²) in [6, 6.07) is 39.2. The number of furan rings is 1. The summed E-state index contributed by atoms with van der Waals surface area (Å²) in [4.78, 5) is 2.48. The number of hydrogen-bond donors (Lipinski definition) is 0. The van der Waals surface area contributed by atoms with E-state index in [0.29, 0.717) is 11.8 Å². The van der Waals surface area contributed by atoms with Crippen molar-refractivity contribution in [2.45, 2.75) is 95.3 Å². The molecule has 9 rings (SSSR count). The van der Waals surface area contributed by atoms with Gasteiger partial charge in [-0.25, -0.2) is 0 Å². The van der Waals surface area contributed by atoms with E-state index >= 15 is 0 Å². The molecule has 2 fully saturated rings. The summed E-state index contributed by atoms with van der Waals surface area (Å²) in [6.07, 6.45) is 13.5. The highest BCUT2D eigenvalue weighted by atomic mass is 16.3. The first-order valence-electron chi connectivity index (χ1n) is 18.2. The number of hydrogen-bond acceptors (Lipinski definition) is 2. The summed E-state index contributed by atoms with van der Waals surface area (Å²) in [7, 11) is 0. The van der Waals surface area contributed by atoms with Crippen molar-refractivity contribution in [3.8, 4) is 11.1 Å². The van der Waals surface area contributed by atoms with Gasteiger partial charge in [-0.15, -0.1) is 0 Å². The number of nitrogens with zero attached hydrogens (tertiary/aromatic N) is 1. The van der Waals surface area contributed by atoms with Crippen LogP contribution in [0.4, 0.5) is 17.1 Å². The van der Waals surface area contributed by atoms with Gasteiger partial charge < -0.3 is 9.32 Å². The van der Waals surface area contributed by atoms with Crippen LogP contribution in [0.3, 0.4) is 0 Å². The maximum absolute atomic E-state index is 6.57. The zero-order valence-corrected chi connectivity index (χ0v) is 27.9. The van der Waals surface area contributed by atoms with E-state index in [1.54, 1.807) is 0 Å². The molecule has 0 N–H and O–H groups in total. The van der Waals surface area contributed by atoms with Gasteiger partial charge in [0.05, 0.1) is 0 Å². The van der Waals surface area contributed by atoms with Crippen molar-refractivity contribution in [2.24, 2.45) is 0 Å². The zero-order valence-electron chi connectivity index (χ0n) is 27.9. The second-order valence-electron chi connectivity index (χ2n) is 15.0. The molecule has 0 saturated heterocycles. The van der Waals surface area contributed by atoms with Crippen LogP contribution in [0.5, 0.6) is 0 Å². The number of fused-ring (bicyclic) bond motifs is 7. The lowest BCUT2D eigenvalue weighted by atomic mass is 9.82. The van der Waals surface area contributed by atoms with Crippen LogP contribution in [-0.4, -0.2) is 0 Å². The van der Waals surface area contributed by atoms with Gasteiger partial charge in [-0.1, -0.05) is 113 Å². The monoisotopic (exact) mass is 615 g/mol. The molecule has 0 bridgehead atoms. The van der Waals surface area contributed by atoms with Crippen LogP contribution >= 0.6 is 0 Å². The van der Waals surface area contributed by atoms with Crippen LogP contribution in [0.15, 0.2) is 108 Å². The fraction of sp³-hybridized carbons (Fsp3) is 0.333. The first-order chi connectivity index (χ1) is 23.1. The van der Waals surface area contributed by atoms with Crippen LogP contribution in [0.2, 0.25) is 0 Å². The molecule has 2 heteroatoms. The summed E-state index contributed by atoms with van der Waals surface area (Å²) in [5, 5.41) is 2.39. The van der Waals surface area contributed by atoms with E-state index in [0.717, 1.165) is 11.2 Å². The molecule has 0 aliphatic heterocycles. The third-order valence-corrected chi connectivity index (χ3v) is 11.9. The van der Waals surface area contributed by atoms with Crippen molar-refractivity contribution in [3.63, 3.8) is 0 Å². The van der Waals surface area contributed by atoms with Crippen molar-refractivity contribution in [1.82, 2.24) is 0 Å². The average molecular weight is 616 g/mol. The topological polar surface area (TPSA) is 16.4 Å². The van der Waals surface area contributed by atoms with Gasteiger partial charge in [0, 0.05) is 38.8 Å². The first-order valence-corrected chi connectivity index (χ1v) is 18.2. The number of para-hydroxylation sites is 1. The normalized spacial score (nSPS) is 18.0. The predicted octanol–water partition coefficient (Wildman–Crippen LogP) is 13.5. The van der Waals surface area contributed by atoms with Crippen LogP contribution in [0.1, 0.15) is 112 Å². The molecule has 3 aliphatic rings. The van der Waals surface area contributed by atoms with Gasteiger partial charge >= 0.3 is 0 Å². The van der Waals surface area contributed by atoms with Crippen molar-refractivity contribution in [1.29, 1.82) is 0 Å². The SMILES string of the molecule is CC1(C)c2cc(N(c3ccc(C4CCCCC4)cc3)c3ccc(C4CCCCC4)cc3)ccc2-c2c1ccc1c2oc2ccccc21. The molecule has 6 aromatic rings. The quantitative estimate of drug-likeness (QED) is 0.192. The van der Waals surface area contributed by atoms with E-state index in [1.807, 2.05) is 0 Å². The van der Waals surface area contributed by atoms with Gasteiger partial charge in [-0.2, -0.15) is 0 Å². The Morgan fingerprint density at radius 1 is 0.553 bits per heavy atom. The van der Waals surface area contributed by atoms with E-state index in [9.17, 15) is 0 Å². The summed E-state index contributed by atoms with van der Waals surface area (Å²) in [6.45, 7) is 4.75. The van der Waals surface area contributed by atoms with Crippen molar-refractivity contribution >= 4 is 39.0 Å². The highest BCUT2D eigenvalue weighted by Crippen LogP contribution is 2.54. The molecule has 47 heavy (non-hydrogen) atoms. The summed E-state index contributed by atoms with van der Waals surface area (Å²) in [5.74, 6) is 1.41. The lowest BCUT2D eigenvalue weighted by Gasteiger charge is -2.29. The number of benzene rings is 5. The van der Waals surface area contributed by atoms with E-state index in [1.165, 1.54) is 125 Å². The highest BCUT2D eigenvalue weighted by Gasteiger charge is 2.38. The van der Waals surface area contributed by atoms with Gasteiger partial charge in [0.1, 0.15) is 11.2 Å². The summed E-state index contributed by atoms with van der Waals surface area (Å²) >= 11 is 0. The smallest absolute Gasteiger partial charge is 0.143 e. The zero-order chi connectivity index (χ0) is 31.5. The average Bonchev–Trinajstić information content (AvgIpc) is 3.62. The molecule has 1 aromatic heterocycles. The second-order valence-corrected chi connectivity index (χ2v) is 15.0. The van der Waals surface area contributed by atoms with Gasteiger partial charge in [-0.05, 0) is 108 Å². The molecule has 0 spiro atoms.